The fourth-order valence-electron chi connectivity index (χ4n) is 4.01. The molecule has 1 aromatic carbocycles. The number of fused-ring (bicyclic) bond motifs is 1. The van der Waals surface area contributed by atoms with Crippen molar-refractivity contribution in [1.82, 2.24) is 5.32 Å². The van der Waals surface area contributed by atoms with Crippen molar-refractivity contribution in [2.75, 3.05) is 6.79 Å². The van der Waals surface area contributed by atoms with Crippen LogP contribution in [-0.2, 0) is 27.5 Å². The summed E-state index contributed by atoms with van der Waals surface area (Å²) in [7, 11) is 0. The number of ether oxygens (including phenoxy) is 2. The first-order valence-corrected chi connectivity index (χ1v) is 8.96. The number of hydrogen-bond donors (Lipinski definition) is 1. The number of carbonyl (C=O) groups is 2. The van der Waals surface area contributed by atoms with Crippen molar-refractivity contribution in [2.45, 2.75) is 58.1 Å². The van der Waals surface area contributed by atoms with E-state index in [0.29, 0.717) is 29.7 Å². The molecule has 1 aliphatic carbocycles. The van der Waals surface area contributed by atoms with Gasteiger partial charge in [-0.15, -0.1) is 0 Å². The normalized spacial score (nSPS) is 18.5. The van der Waals surface area contributed by atoms with Gasteiger partial charge in [0.15, 0.2) is 6.79 Å². The molecule has 0 bridgehead atoms. The molecule has 1 aromatic rings. The van der Waals surface area contributed by atoms with Crippen molar-refractivity contribution >= 4 is 11.9 Å². The second-order valence-corrected chi connectivity index (χ2v) is 7.23. The van der Waals surface area contributed by atoms with E-state index in [1.807, 2.05) is 0 Å². The Morgan fingerprint density at radius 2 is 1.96 bits per heavy atom. The first-order valence-electron chi connectivity index (χ1n) is 8.96. The van der Waals surface area contributed by atoms with Gasteiger partial charge in [-0.2, -0.15) is 0 Å². The molecule has 0 aromatic heterocycles. The van der Waals surface area contributed by atoms with Crippen LogP contribution in [0.3, 0.4) is 0 Å². The minimum Gasteiger partial charge on any atom is -0.550 e. The van der Waals surface area contributed by atoms with Crippen LogP contribution in [0.2, 0.25) is 0 Å². The van der Waals surface area contributed by atoms with Crippen molar-refractivity contribution in [3.8, 4) is 5.75 Å². The van der Waals surface area contributed by atoms with E-state index in [4.69, 9.17) is 9.47 Å². The number of amides is 1. The molecule has 0 spiro atoms. The summed E-state index contributed by atoms with van der Waals surface area (Å²) >= 11 is 0. The average Bonchev–Trinajstić information content (AvgIpc) is 2.59. The number of aliphatic carboxylic acids is 1. The lowest BCUT2D eigenvalue weighted by atomic mass is 9.69. The molecule has 1 N–H and O–H groups in total. The van der Waals surface area contributed by atoms with E-state index >= 15 is 0 Å². The van der Waals surface area contributed by atoms with Gasteiger partial charge in [-0.3, -0.25) is 4.79 Å². The molecule has 1 aliphatic heterocycles. The Morgan fingerprint density at radius 1 is 1.19 bits per heavy atom. The molecule has 2 aliphatic rings. The Balaban J connectivity index is 1.65. The number of nitrogens with one attached hydrogen (secondary N) is 1. The number of rotatable bonds is 6. The summed E-state index contributed by atoms with van der Waals surface area (Å²) in [6.45, 7) is 0.484. The standard InChI is InChI=1S/C19H24FNO5/c20-15-6-13(18-14(7-15)11-25-12-26-18)10-21-16(22)8-19(9-17(23)24)4-2-1-3-5-19/h6-7H,1-5,8-12H2,(H,21,22)(H,23,24)/p-1. The molecule has 7 heteroatoms. The van der Waals surface area contributed by atoms with Crippen LogP contribution >= 0.6 is 0 Å². The second-order valence-electron chi connectivity index (χ2n) is 7.23. The van der Waals surface area contributed by atoms with Gasteiger partial charge < -0.3 is 24.7 Å². The van der Waals surface area contributed by atoms with Gasteiger partial charge in [0.1, 0.15) is 11.6 Å². The molecule has 1 saturated carbocycles. The predicted molar refractivity (Wildman–Crippen MR) is 88.3 cm³/mol. The van der Waals surface area contributed by atoms with Crippen molar-refractivity contribution < 1.29 is 28.6 Å². The minimum absolute atomic E-state index is 0.0916. The fourth-order valence-corrected chi connectivity index (χ4v) is 4.01. The zero-order valence-electron chi connectivity index (χ0n) is 14.6. The molecule has 26 heavy (non-hydrogen) atoms. The van der Waals surface area contributed by atoms with Crippen LogP contribution in [-0.4, -0.2) is 18.7 Å². The van der Waals surface area contributed by atoms with Crippen LogP contribution in [0.25, 0.3) is 0 Å². The van der Waals surface area contributed by atoms with Gasteiger partial charge >= 0.3 is 0 Å². The molecule has 0 unspecified atom stereocenters. The number of benzene rings is 1. The molecule has 142 valence electrons. The van der Waals surface area contributed by atoms with Crippen molar-refractivity contribution in [2.24, 2.45) is 5.41 Å². The second kappa shape index (κ2) is 8.03. The van der Waals surface area contributed by atoms with Crippen LogP contribution in [0, 0.1) is 11.2 Å². The lowest BCUT2D eigenvalue weighted by molar-refractivity contribution is -0.308. The Bertz CT molecular complexity index is 685. The molecular weight excluding hydrogens is 341 g/mol. The first-order chi connectivity index (χ1) is 12.5. The zero-order valence-corrected chi connectivity index (χ0v) is 14.6. The number of hydrogen-bond acceptors (Lipinski definition) is 5. The number of carboxylic acids is 1. The molecule has 0 atom stereocenters. The minimum atomic E-state index is -1.12. The highest BCUT2D eigenvalue weighted by molar-refractivity contribution is 5.78. The molecule has 1 amide bonds. The fraction of sp³-hybridized carbons (Fsp3) is 0.579. The van der Waals surface area contributed by atoms with E-state index < -0.39 is 17.2 Å². The van der Waals surface area contributed by atoms with Crippen LogP contribution in [0.1, 0.15) is 56.1 Å². The molecule has 6 nitrogen and oxygen atoms in total. The Kier molecular flexibility index (Phi) is 5.76. The van der Waals surface area contributed by atoms with Gasteiger partial charge in [0.2, 0.25) is 5.91 Å². The third-order valence-electron chi connectivity index (χ3n) is 5.20. The van der Waals surface area contributed by atoms with Gasteiger partial charge in [0.05, 0.1) is 6.61 Å². The highest BCUT2D eigenvalue weighted by atomic mass is 19.1. The summed E-state index contributed by atoms with van der Waals surface area (Å²) in [6.07, 6.45) is 4.37. The predicted octanol–water partition coefficient (Wildman–Crippen LogP) is 1.79. The van der Waals surface area contributed by atoms with E-state index in [9.17, 15) is 19.1 Å². The highest BCUT2D eigenvalue weighted by Gasteiger charge is 2.34. The number of carbonyl (C=O) groups excluding carboxylic acids is 2. The third-order valence-corrected chi connectivity index (χ3v) is 5.20. The monoisotopic (exact) mass is 364 g/mol. The SMILES string of the molecule is O=C([O-])CC1(CC(=O)NCc2cc(F)cc3c2OCOC3)CCCCC1. The molecular formula is C19H23FNO5-. The van der Waals surface area contributed by atoms with E-state index in [2.05, 4.69) is 5.32 Å². The van der Waals surface area contributed by atoms with E-state index in [1.54, 1.807) is 0 Å². The average molecular weight is 364 g/mol. The molecule has 1 heterocycles. The Labute approximate surface area is 151 Å². The summed E-state index contributed by atoms with van der Waals surface area (Å²) in [4.78, 5) is 23.6. The van der Waals surface area contributed by atoms with E-state index in [-0.39, 0.29) is 38.7 Å². The summed E-state index contributed by atoms with van der Waals surface area (Å²) < 4.78 is 24.3. The maximum Gasteiger partial charge on any atom is 0.220 e. The van der Waals surface area contributed by atoms with Crippen LogP contribution in [0.5, 0.6) is 5.75 Å². The summed E-state index contributed by atoms with van der Waals surface area (Å²) in [5.41, 5.74) is 0.628. The number of halogens is 1. The summed E-state index contributed by atoms with van der Waals surface area (Å²) in [5, 5.41) is 13.9. The summed E-state index contributed by atoms with van der Waals surface area (Å²) in [5.74, 6) is -1.23. The van der Waals surface area contributed by atoms with Crippen LogP contribution in [0.4, 0.5) is 4.39 Å². The lowest BCUT2D eigenvalue weighted by Gasteiger charge is -2.37. The Morgan fingerprint density at radius 3 is 2.69 bits per heavy atom. The molecule has 0 saturated heterocycles. The maximum absolute atomic E-state index is 13.8. The van der Waals surface area contributed by atoms with E-state index in [1.165, 1.54) is 12.1 Å². The van der Waals surface area contributed by atoms with Gasteiger partial charge in [-0.1, -0.05) is 19.3 Å². The lowest BCUT2D eigenvalue weighted by Crippen LogP contribution is -2.38. The molecule has 3 rings (SSSR count). The largest absolute Gasteiger partial charge is 0.550 e. The molecule has 1 fully saturated rings. The van der Waals surface area contributed by atoms with Crippen molar-refractivity contribution in [3.63, 3.8) is 0 Å². The van der Waals surface area contributed by atoms with Gasteiger partial charge in [0, 0.05) is 30.1 Å². The first kappa shape index (κ1) is 18.6. The van der Waals surface area contributed by atoms with Gasteiger partial charge in [0.25, 0.3) is 0 Å². The van der Waals surface area contributed by atoms with Crippen molar-refractivity contribution in [3.05, 3.63) is 29.1 Å². The summed E-state index contributed by atoms with van der Waals surface area (Å²) in [6, 6.07) is 2.69. The quantitative estimate of drug-likeness (QED) is 0.831. The van der Waals surface area contributed by atoms with Gasteiger partial charge in [-0.05, 0) is 36.8 Å². The van der Waals surface area contributed by atoms with E-state index in [0.717, 1.165) is 19.3 Å². The Hall–Kier alpha value is -2.15. The zero-order chi connectivity index (χ0) is 18.6. The van der Waals surface area contributed by atoms with Crippen LogP contribution in [0.15, 0.2) is 12.1 Å². The molecule has 0 radical (unpaired) electrons. The van der Waals surface area contributed by atoms with Crippen LogP contribution < -0.4 is 15.2 Å². The van der Waals surface area contributed by atoms with Gasteiger partial charge in [-0.25, -0.2) is 4.39 Å². The highest BCUT2D eigenvalue weighted by Crippen LogP contribution is 2.42. The smallest absolute Gasteiger partial charge is 0.220 e. The van der Waals surface area contributed by atoms with Crippen molar-refractivity contribution in [1.29, 1.82) is 0 Å². The maximum atomic E-state index is 13.8. The number of carboxylic acid groups (broad SMARTS) is 1. The topological polar surface area (TPSA) is 87.7 Å². The third kappa shape index (κ3) is 4.52.